The van der Waals surface area contributed by atoms with Crippen LogP contribution in [0.3, 0.4) is 0 Å². The van der Waals surface area contributed by atoms with Crippen molar-refractivity contribution in [3.05, 3.63) is 11.6 Å². The second-order valence-electron chi connectivity index (χ2n) is 16.5. The first-order valence-corrected chi connectivity index (χ1v) is 18.8. The van der Waals surface area contributed by atoms with Crippen LogP contribution in [0.25, 0.3) is 0 Å². The van der Waals surface area contributed by atoms with Crippen LogP contribution in [0, 0.1) is 46.3 Å². The number of carbonyl (C=O) groups excluding carboxylic acids is 2. The first-order valence-electron chi connectivity index (χ1n) is 20.0. The number of methoxy groups -OCH3 is 1. The Morgan fingerprint density at radius 2 is 1.87 bits per heavy atom. The van der Waals surface area contributed by atoms with Gasteiger partial charge in [-0.1, -0.05) is 72.0 Å². The van der Waals surface area contributed by atoms with Crippen molar-refractivity contribution in [3.8, 4) is 0 Å². The lowest BCUT2D eigenvalue weighted by atomic mass is 9.47. The number of nitrogens with one attached hydrogen (secondary N) is 2. The number of amides is 2. The number of alkyl carbamates (subject to hydrolysis) is 1. The van der Waals surface area contributed by atoms with Crippen molar-refractivity contribution in [3.63, 3.8) is 0 Å². The minimum absolute atomic E-state index is 0.0628. The third-order valence-electron chi connectivity index (χ3n) is 13.1. The normalized spacial score (nSPS) is 35.3. The number of hydrogen-bond acceptors (Lipinski definition) is 5. The number of carbonyl (C=O) groups is 2. The Morgan fingerprint density at radius 1 is 1.07 bits per heavy atom. The van der Waals surface area contributed by atoms with Gasteiger partial charge in [0.15, 0.2) is 0 Å². The van der Waals surface area contributed by atoms with E-state index in [2.05, 4.69) is 51.3 Å². The molecular formula is C39H68N2O5. The molecule has 0 aliphatic heterocycles. The van der Waals surface area contributed by atoms with Crippen LogP contribution in [0.5, 0.6) is 0 Å². The molecule has 0 bridgehead atoms. The average Bonchev–Trinajstić information content (AvgIpc) is 3.38. The summed E-state index contributed by atoms with van der Waals surface area (Å²) in [6.07, 6.45) is 17.6. The van der Waals surface area contributed by atoms with Crippen molar-refractivity contribution in [2.75, 3.05) is 20.2 Å². The van der Waals surface area contributed by atoms with E-state index in [1.807, 2.05) is 0 Å². The van der Waals surface area contributed by atoms with Gasteiger partial charge in [0, 0.05) is 26.4 Å². The Hall–Kier alpha value is -1.60. The lowest BCUT2D eigenvalue weighted by Gasteiger charge is -2.58. The van der Waals surface area contributed by atoms with Gasteiger partial charge < -0.3 is 25.2 Å². The molecule has 2 amide bonds. The molecule has 0 radical (unpaired) electrons. The number of aliphatic hydroxyl groups excluding tert-OH is 1. The number of unbranched alkanes of at least 4 members (excludes halogenated alkanes) is 2. The molecule has 0 spiro atoms. The molecule has 3 N–H and O–H groups in total. The fourth-order valence-electron chi connectivity index (χ4n) is 10.4. The summed E-state index contributed by atoms with van der Waals surface area (Å²) >= 11 is 0. The maximum absolute atomic E-state index is 12.7. The number of hydrogen-bond donors (Lipinski definition) is 3. The van der Waals surface area contributed by atoms with E-state index in [1.54, 1.807) is 6.92 Å². The van der Waals surface area contributed by atoms with E-state index in [0.29, 0.717) is 24.8 Å². The first kappa shape index (κ1) is 34.3. The molecule has 4 aliphatic carbocycles. The molecule has 3 saturated carbocycles. The zero-order chi connectivity index (χ0) is 35.1. The van der Waals surface area contributed by atoms with Gasteiger partial charge in [-0.3, -0.25) is 4.79 Å². The van der Waals surface area contributed by atoms with Crippen molar-refractivity contribution in [1.82, 2.24) is 10.6 Å². The van der Waals surface area contributed by atoms with Crippen LogP contribution in [0.1, 0.15) is 141 Å². The van der Waals surface area contributed by atoms with Crippen LogP contribution in [0.4, 0.5) is 4.79 Å². The van der Waals surface area contributed by atoms with Gasteiger partial charge in [0.1, 0.15) is 6.10 Å². The Balaban J connectivity index is 1.17. The van der Waals surface area contributed by atoms with Crippen LogP contribution >= 0.6 is 0 Å². The molecule has 46 heavy (non-hydrogen) atoms. The maximum Gasteiger partial charge on any atom is 0.407 e. The summed E-state index contributed by atoms with van der Waals surface area (Å²) in [6, 6.07) is -0.646. The van der Waals surface area contributed by atoms with Gasteiger partial charge in [-0.25, -0.2) is 4.79 Å². The van der Waals surface area contributed by atoms with Crippen molar-refractivity contribution in [2.45, 2.75) is 156 Å². The summed E-state index contributed by atoms with van der Waals surface area (Å²) < 4.78 is 25.1. The molecule has 264 valence electrons. The summed E-state index contributed by atoms with van der Waals surface area (Å²) in [6.45, 7) is 14.4. The smallest absolute Gasteiger partial charge is 0.407 e. The van der Waals surface area contributed by atoms with Crippen molar-refractivity contribution in [1.29, 1.82) is 0 Å². The van der Waals surface area contributed by atoms with E-state index >= 15 is 0 Å². The molecule has 11 unspecified atom stereocenters. The summed E-state index contributed by atoms with van der Waals surface area (Å²) in [4.78, 5) is 24.9. The first-order chi connectivity index (χ1) is 22.7. The van der Waals surface area contributed by atoms with E-state index in [9.17, 15) is 14.7 Å². The van der Waals surface area contributed by atoms with Crippen LogP contribution < -0.4 is 10.6 Å². The molecular weight excluding hydrogens is 576 g/mol. The molecule has 3 fully saturated rings. The summed E-state index contributed by atoms with van der Waals surface area (Å²) in [5, 5.41) is 15.4. The minimum Gasteiger partial charge on any atom is -0.446 e. The second kappa shape index (κ2) is 16.7. The molecule has 7 nitrogen and oxygen atoms in total. The number of ether oxygens (including phenoxy) is 2. The summed E-state index contributed by atoms with van der Waals surface area (Å²) in [5.74, 6) is 4.73. The minimum atomic E-state index is -1.45. The number of aliphatic hydroxyl groups is 1. The average molecular weight is 648 g/mol. The fourth-order valence-corrected chi connectivity index (χ4v) is 10.4. The molecule has 0 heterocycles. The molecule has 4 aliphatic rings. The summed E-state index contributed by atoms with van der Waals surface area (Å²) in [5.41, 5.74) is 2.27. The van der Waals surface area contributed by atoms with Crippen LogP contribution in [-0.2, 0) is 14.3 Å². The number of allylic oxidation sites excluding steroid dienone is 1. The van der Waals surface area contributed by atoms with Crippen molar-refractivity contribution in [2.24, 2.45) is 46.3 Å². The molecule has 0 aromatic carbocycles. The molecule has 4 rings (SSSR count). The molecule has 0 saturated heterocycles. The highest BCUT2D eigenvalue weighted by atomic mass is 16.6. The van der Waals surface area contributed by atoms with Gasteiger partial charge in [0.25, 0.3) is 0 Å². The van der Waals surface area contributed by atoms with Gasteiger partial charge in [-0.15, -0.1) is 0 Å². The van der Waals surface area contributed by atoms with E-state index in [4.69, 9.17) is 12.2 Å². The van der Waals surface area contributed by atoms with Gasteiger partial charge in [-0.2, -0.15) is 0 Å². The highest BCUT2D eigenvalue weighted by Crippen LogP contribution is 2.67. The Morgan fingerprint density at radius 3 is 2.61 bits per heavy atom. The lowest BCUT2D eigenvalue weighted by Crippen LogP contribution is -2.51. The van der Waals surface area contributed by atoms with Gasteiger partial charge in [0.2, 0.25) is 5.91 Å². The van der Waals surface area contributed by atoms with Crippen molar-refractivity contribution < 1.29 is 26.9 Å². The number of rotatable bonds is 16. The van der Waals surface area contributed by atoms with Gasteiger partial charge >= 0.3 is 6.09 Å². The highest BCUT2D eigenvalue weighted by molar-refractivity contribution is 5.76. The largest absolute Gasteiger partial charge is 0.446 e. The predicted octanol–water partition coefficient (Wildman–Crippen LogP) is 8.20. The standard InChI is InChI=1S/C39H68N2O5/c1-26(2)12-11-13-27(3)32-17-18-33-31-16-15-29-24-30(19-21-38(29,5)34(31)20-22-39(32,33)6)46-37(44)40-23-10-8-9-14-36(43)41-35(25-45-7)28(4)42/h15,26-28,30-35,42H,8-14,16-25H2,1-7H3,(H,40,44)(H,41,43)/i7TD. The van der Waals surface area contributed by atoms with Gasteiger partial charge in [-0.05, 0) is 111 Å². The molecule has 11 atom stereocenters. The van der Waals surface area contributed by atoms with E-state index < -0.39 is 19.2 Å². The third kappa shape index (κ3) is 8.89. The Bertz CT molecular complexity index is 1080. The van der Waals surface area contributed by atoms with Crippen LogP contribution in [0.15, 0.2) is 11.6 Å². The van der Waals surface area contributed by atoms with Crippen LogP contribution in [-0.4, -0.2) is 55.6 Å². The number of fused-ring (bicyclic) bond motifs is 5. The van der Waals surface area contributed by atoms with E-state index in [1.165, 1.54) is 56.9 Å². The Labute approximate surface area is 283 Å². The molecule has 0 aromatic heterocycles. The fraction of sp³-hybridized carbons (Fsp3) is 0.897. The van der Waals surface area contributed by atoms with Gasteiger partial charge in [0.05, 0.1) is 21.5 Å². The quantitative estimate of drug-likeness (QED) is 0.116. The zero-order valence-electron chi connectivity index (χ0n) is 32.0. The molecule has 0 aromatic rings. The zero-order valence-corrected chi connectivity index (χ0v) is 30.0. The maximum atomic E-state index is 12.7. The van der Waals surface area contributed by atoms with E-state index in [0.717, 1.165) is 67.6 Å². The topological polar surface area (TPSA) is 96.9 Å². The highest BCUT2D eigenvalue weighted by Gasteiger charge is 2.59. The summed E-state index contributed by atoms with van der Waals surface area (Å²) in [7, 11) is -1.45. The predicted molar refractivity (Wildman–Crippen MR) is 185 cm³/mol. The Kier molecular flexibility index (Phi) is 12.4. The second-order valence-corrected chi connectivity index (χ2v) is 16.5. The SMILES string of the molecule is [2H]C([3H])OCC(NC(=O)CCCCCNC(=O)OC1CCC2(C)C(=CCC3C2CCC2(C)C(C(C)CCCC(C)C)CCC32)C1)C(C)O. The third-order valence-corrected chi connectivity index (χ3v) is 13.1. The van der Waals surface area contributed by atoms with Crippen molar-refractivity contribution >= 4 is 12.0 Å². The van der Waals surface area contributed by atoms with Crippen LogP contribution in [0.2, 0.25) is 0 Å². The monoisotopic (exact) mass is 648 g/mol. The lowest BCUT2D eigenvalue weighted by molar-refractivity contribution is -0.123. The van der Waals surface area contributed by atoms with E-state index in [-0.39, 0.29) is 30.1 Å². The molecule has 7 heteroatoms.